The van der Waals surface area contributed by atoms with E-state index in [9.17, 15) is 4.79 Å². The van der Waals surface area contributed by atoms with E-state index in [1.54, 1.807) is 30.5 Å². The molecule has 0 saturated carbocycles. The van der Waals surface area contributed by atoms with Crippen molar-refractivity contribution in [2.45, 2.75) is 12.8 Å². The maximum absolute atomic E-state index is 11.8. The van der Waals surface area contributed by atoms with Gasteiger partial charge < -0.3 is 9.74 Å². The van der Waals surface area contributed by atoms with Crippen LogP contribution in [0.1, 0.15) is 27.9 Å². The average molecular weight is 294 g/mol. The van der Waals surface area contributed by atoms with Crippen LogP contribution >= 0.6 is 0 Å². The van der Waals surface area contributed by atoms with Crippen LogP contribution in [0.2, 0.25) is 0 Å². The fraction of sp³-hybridized carbons (Fsp3) is 0.222. The molecule has 0 aromatic heterocycles. The summed E-state index contributed by atoms with van der Waals surface area (Å²) in [6.45, 7) is 1.09. The Morgan fingerprint density at radius 3 is 2.86 bits per heavy atom. The zero-order chi connectivity index (χ0) is 15.4. The van der Waals surface area contributed by atoms with Gasteiger partial charge in [-0.25, -0.2) is 4.79 Å². The molecule has 4 nitrogen and oxygen atoms in total. The molecule has 0 N–H and O–H groups in total. The van der Waals surface area contributed by atoms with Gasteiger partial charge in [0.05, 0.1) is 11.8 Å². The number of fused-ring (bicyclic) bond motifs is 1. The Labute approximate surface area is 130 Å². The van der Waals surface area contributed by atoms with E-state index >= 15 is 0 Å². The van der Waals surface area contributed by atoms with Gasteiger partial charge in [0.2, 0.25) is 0 Å². The van der Waals surface area contributed by atoms with E-state index in [1.807, 2.05) is 12.1 Å². The zero-order valence-electron chi connectivity index (χ0n) is 12.5. The van der Waals surface area contributed by atoms with Gasteiger partial charge in [-0.05, 0) is 48.2 Å². The van der Waals surface area contributed by atoms with Crippen molar-refractivity contribution in [3.63, 3.8) is 0 Å². The first-order valence-electron chi connectivity index (χ1n) is 7.38. The molecule has 0 amide bonds. The number of carbonyl (C=O) groups excluding carboxylic acids is 1. The van der Waals surface area contributed by atoms with E-state index in [1.165, 1.54) is 11.3 Å². The molecule has 0 fully saturated rings. The lowest BCUT2D eigenvalue weighted by Gasteiger charge is -2.27. The normalized spacial score (nSPS) is 14.0. The van der Waals surface area contributed by atoms with Gasteiger partial charge >= 0.3 is 5.97 Å². The molecule has 0 unspecified atom stereocenters. The first-order chi connectivity index (χ1) is 10.7. The standard InChI is InChI=1S/C18H18N2O2/c1-20-11-5-8-16-12-14(9-10-17(16)20)13-19-22-18(21)15-6-3-2-4-7-15/h2-4,6-7,9-10,12-13H,5,8,11H2,1H3. The molecule has 2 aromatic carbocycles. The van der Waals surface area contributed by atoms with Crippen LogP contribution in [0.3, 0.4) is 0 Å². The quantitative estimate of drug-likeness (QED) is 0.496. The fourth-order valence-corrected chi connectivity index (χ4v) is 2.65. The molecule has 1 aliphatic rings. The third-order valence-corrected chi connectivity index (χ3v) is 3.80. The Morgan fingerprint density at radius 2 is 2.05 bits per heavy atom. The van der Waals surface area contributed by atoms with Crippen LogP contribution in [0.5, 0.6) is 0 Å². The molecule has 0 aliphatic carbocycles. The first kappa shape index (κ1) is 14.3. The Morgan fingerprint density at radius 1 is 1.23 bits per heavy atom. The lowest BCUT2D eigenvalue weighted by Crippen LogP contribution is -2.24. The highest BCUT2D eigenvalue weighted by molar-refractivity contribution is 5.90. The van der Waals surface area contributed by atoms with Crippen molar-refractivity contribution in [3.8, 4) is 0 Å². The van der Waals surface area contributed by atoms with Crippen molar-refractivity contribution in [2.24, 2.45) is 5.16 Å². The van der Waals surface area contributed by atoms with Gasteiger partial charge in [0.25, 0.3) is 0 Å². The van der Waals surface area contributed by atoms with E-state index in [-0.39, 0.29) is 0 Å². The molecule has 0 spiro atoms. The Kier molecular flexibility index (Phi) is 4.19. The molecule has 3 rings (SSSR count). The van der Waals surface area contributed by atoms with Crippen LogP contribution in [0.4, 0.5) is 5.69 Å². The maximum atomic E-state index is 11.8. The average Bonchev–Trinajstić information content (AvgIpc) is 2.56. The van der Waals surface area contributed by atoms with Crippen molar-refractivity contribution in [2.75, 3.05) is 18.5 Å². The van der Waals surface area contributed by atoms with Crippen molar-refractivity contribution in [3.05, 3.63) is 65.2 Å². The third-order valence-electron chi connectivity index (χ3n) is 3.80. The van der Waals surface area contributed by atoms with E-state index in [0.717, 1.165) is 24.9 Å². The SMILES string of the molecule is CN1CCCc2cc(C=NOC(=O)c3ccccc3)ccc21. The number of anilines is 1. The topological polar surface area (TPSA) is 41.9 Å². The number of carbonyl (C=O) groups is 1. The summed E-state index contributed by atoms with van der Waals surface area (Å²) in [6, 6.07) is 15.0. The third kappa shape index (κ3) is 3.17. The van der Waals surface area contributed by atoms with Crippen LogP contribution in [0.25, 0.3) is 0 Å². The first-order valence-corrected chi connectivity index (χ1v) is 7.38. The number of benzene rings is 2. The predicted molar refractivity (Wildman–Crippen MR) is 87.5 cm³/mol. The van der Waals surface area contributed by atoms with Crippen LogP contribution in [-0.4, -0.2) is 25.8 Å². The molecular weight excluding hydrogens is 276 g/mol. The summed E-state index contributed by atoms with van der Waals surface area (Å²) in [5.74, 6) is -0.449. The minimum absolute atomic E-state index is 0.449. The van der Waals surface area contributed by atoms with Crippen LogP contribution in [0, 0.1) is 0 Å². The van der Waals surface area contributed by atoms with Crippen molar-refractivity contribution < 1.29 is 9.63 Å². The second-order valence-electron chi connectivity index (χ2n) is 5.39. The summed E-state index contributed by atoms with van der Waals surface area (Å²) in [5, 5.41) is 3.80. The molecule has 2 aromatic rings. The molecule has 4 heteroatoms. The summed E-state index contributed by atoms with van der Waals surface area (Å²) in [4.78, 5) is 18.9. The summed E-state index contributed by atoms with van der Waals surface area (Å²) in [5.41, 5.74) is 4.01. The van der Waals surface area contributed by atoms with Gasteiger partial charge in [-0.1, -0.05) is 29.4 Å². The van der Waals surface area contributed by atoms with Crippen LogP contribution in [0.15, 0.2) is 53.7 Å². The van der Waals surface area contributed by atoms with E-state index in [4.69, 9.17) is 4.84 Å². The van der Waals surface area contributed by atoms with Gasteiger partial charge in [0, 0.05) is 19.3 Å². The van der Waals surface area contributed by atoms with Crippen molar-refractivity contribution in [1.29, 1.82) is 0 Å². The molecule has 22 heavy (non-hydrogen) atoms. The maximum Gasteiger partial charge on any atom is 0.365 e. The molecular formula is C18H18N2O2. The van der Waals surface area contributed by atoms with Gasteiger partial charge in [-0.15, -0.1) is 0 Å². The molecule has 0 atom stereocenters. The smallest absolute Gasteiger partial charge is 0.365 e. The number of hydrogen-bond acceptors (Lipinski definition) is 4. The van der Waals surface area contributed by atoms with Gasteiger partial charge in [0.1, 0.15) is 0 Å². The second-order valence-corrected chi connectivity index (χ2v) is 5.39. The minimum atomic E-state index is -0.449. The predicted octanol–water partition coefficient (Wildman–Crippen LogP) is 3.26. The largest absolute Gasteiger partial charge is 0.374 e. The highest BCUT2D eigenvalue weighted by Crippen LogP contribution is 2.26. The van der Waals surface area contributed by atoms with Crippen molar-refractivity contribution >= 4 is 17.9 Å². The highest BCUT2D eigenvalue weighted by Gasteiger charge is 2.13. The van der Waals surface area contributed by atoms with Gasteiger partial charge in [-0.2, -0.15) is 0 Å². The molecule has 0 radical (unpaired) electrons. The van der Waals surface area contributed by atoms with E-state index in [0.29, 0.717) is 5.56 Å². The highest BCUT2D eigenvalue weighted by atomic mass is 16.7. The van der Waals surface area contributed by atoms with E-state index < -0.39 is 5.97 Å². The molecule has 1 aliphatic heterocycles. The number of nitrogens with zero attached hydrogens (tertiary/aromatic N) is 2. The molecule has 0 saturated heterocycles. The fourth-order valence-electron chi connectivity index (χ4n) is 2.65. The monoisotopic (exact) mass is 294 g/mol. The number of aryl methyl sites for hydroxylation is 1. The number of rotatable bonds is 3. The lowest BCUT2D eigenvalue weighted by atomic mass is 10.00. The Balaban J connectivity index is 1.67. The van der Waals surface area contributed by atoms with Crippen LogP contribution in [-0.2, 0) is 11.3 Å². The van der Waals surface area contributed by atoms with Crippen LogP contribution < -0.4 is 4.90 Å². The molecule has 1 heterocycles. The summed E-state index contributed by atoms with van der Waals surface area (Å²) < 4.78 is 0. The molecule has 112 valence electrons. The summed E-state index contributed by atoms with van der Waals surface area (Å²) in [7, 11) is 2.10. The van der Waals surface area contributed by atoms with Crippen molar-refractivity contribution in [1.82, 2.24) is 0 Å². The minimum Gasteiger partial charge on any atom is -0.374 e. The van der Waals surface area contributed by atoms with Gasteiger partial charge in [0.15, 0.2) is 0 Å². The second kappa shape index (κ2) is 6.43. The zero-order valence-corrected chi connectivity index (χ0v) is 12.5. The lowest BCUT2D eigenvalue weighted by molar-refractivity contribution is 0.0519. The Hall–Kier alpha value is -2.62. The summed E-state index contributed by atoms with van der Waals surface area (Å²) in [6.07, 6.45) is 3.81. The number of hydrogen-bond donors (Lipinski definition) is 0. The number of oxime groups is 1. The molecule has 0 bridgehead atoms. The summed E-state index contributed by atoms with van der Waals surface area (Å²) >= 11 is 0. The Bertz CT molecular complexity index is 695. The van der Waals surface area contributed by atoms with E-state index in [2.05, 4.69) is 29.2 Å². The van der Waals surface area contributed by atoms with Gasteiger partial charge in [-0.3, -0.25) is 0 Å².